The molecule has 11 heteroatoms. The molecule has 1 atom stereocenters. The Morgan fingerprint density at radius 2 is 1.61 bits per heavy atom. The van der Waals surface area contributed by atoms with Gasteiger partial charge in [0.05, 0.1) is 25.0 Å². The first-order valence-electron chi connectivity index (χ1n) is 16.1. The lowest BCUT2D eigenvalue weighted by molar-refractivity contribution is -0.115. The summed E-state index contributed by atoms with van der Waals surface area (Å²) < 4.78 is 10.4. The number of amides is 3. The van der Waals surface area contributed by atoms with Crippen molar-refractivity contribution in [3.8, 4) is 5.75 Å². The molecule has 49 heavy (non-hydrogen) atoms. The summed E-state index contributed by atoms with van der Waals surface area (Å²) >= 11 is 2.79. The number of carbonyl (C=O) groups excluding carboxylic acids is 4. The van der Waals surface area contributed by atoms with Crippen LogP contribution in [0.25, 0.3) is 6.08 Å². The zero-order valence-electron chi connectivity index (χ0n) is 27.7. The fraction of sp³-hybridized carbons (Fsp3) is 0.263. The number of benzene rings is 3. The largest absolute Gasteiger partial charge is 0.497 e. The molecule has 0 radical (unpaired) electrons. The van der Waals surface area contributed by atoms with E-state index in [1.54, 1.807) is 86.8 Å². The third-order valence-corrected chi connectivity index (χ3v) is 10.3. The maximum atomic E-state index is 13.6. The number of thioether (sulfide) groups is 1. The lowest BCUT2D eigenvalue weighted by atomic mass is 9.96. The van der Waals surface area contributed by atoms with Crippen LogP contribution in [0.1, 0.15) is 69.3 Å². The topological polar surface area (TPSA) is 123 Å². The van der Waals surface area contributed by atoms with Crippen molar-refractivity contribution in [2.24, 2.45) is 0 Å². The molecule has 9 nitrogen and oxygen atoms in total. The maximum absolute atomic E-state index is 13.6. The lowest BCUT2D eigenvalue weighted by Crippen LogP contribution is -2.30. The van der Waals surface area contributed by atoms with Crippen LogP contribution in [0.3, 0.4) is 0 Å². The number of thiophene rings is 1. The van der Waals surface area contributed by atoms with Gasteiger partial charge in [-0.25, -0.2) is 4.79 Å². The smallest absolute Gasteiger partial charge is 0.341 e. The van der Waals surface area contributed by atoms with E-state index in [4.69, 9.17) is 9.47 Å². The van der Waals surface area contributed by atoms with Crippen LogP contribution >= 0.6 is 23.1 Å². The monoisotopic (exact) mass is 697 g/mol. The second kappa shape index (κ2) is 17.0. The van der Waals surface area contributed by atoms with Crippen LogP contribution in [0.2, 0.25) is 0 Å². The van der Waals surface area contributed by atoms with Crippen molar-refractivity contribution in [2.75, 3.05) is 24.9 Å². The molecule has 3 aromatic carbocycles. The second-order valence-corrected chi connectivity index (χ2v) is 14.0. The molecule has 1 aliphatic carbocycles. The van der Waals surface area contributed by atoms with Gasteiger partial charge in [-0.15, -0.1) is 23.1 Å². The highest BCUT2D eigenvalue weighted by Crippen LogP contribution is 2.38. The summed E-state index contributed by atoms with van der Waals surface area (Å²) in [5.41, 5.74) is 3.06. The summed E-state index contributed by atoms with van der Waals surface area (Å²) in [6.45, 7) is 1.79. The number of nitrogens with one attached hydrogen (secondary N) is 3. The van der Waals surface area contributed by atoms with Crippen LogP contribution in [0.5, 0.6) is 5.75 Å². The minimum Gasteiger partial charge on any atom is -0.497 e. The lowest BCUT2D eigenvalue weighted by Gasteiger charge is -2.14. The molecule has 0 aliphatic heterocycles. The molecule has 1 aromatic heterocycles. The van der Waals surface area contributed by atoms with Crippen molar-refractivity contribution in [3.63, 3.8) is 0 Å². The Morgan fingerprint density at radius 3 is 2.37 bits per heavy atom. The van der Waals surface area contributed by atoms with Crippen molar-refractivity contribution >= 4 is 63.6 Å². The van der Waals surface area contributed by atoms with Gasteiger partial charge in [-0.3, -0.25) is 14.4 Å². The van der Waals surface area contributed by atoms with Gasteiger partial charge < -0.3 is 25.4 Å². The minimum atomic E-state index is -0.524. The van der Waals surface area contributed by atoms with Crippen molar-refractivity contribution in [1.82, 2.24) is 5.32 Å². The Morgan fingerprint density at radius 1 is 0.857 bits per heavy atom. The first-order valence-corrected chi connectivity index (χ1v) is 17.8. The molecule has 4 aromatic rings. The average molecular weight is 698 g/mol. The summed E-state index contributed by atoms with van der Waals surface area (Å²) in [5.74, 6) is -1.02. The standard InChI is InChI=1S/C38H39N3O6S2/c1-24(34(42)41-37-33(38(45)47-3)30-19-9-4-5-10-20-32(30)49-37)48-29-18-12-16-27(23-29)39-36(44)31(22-25-13-11-17-28(21-25)46-2)40-35(43)26-14-7-6-8-15-26/h6-8,11-18,21-24H,4-5,9-10,19-20H2,1-3H3,(H,39,44)(H,40,43)(H,41,42)/b31-22-. The molecule has 3 N–H and O–H groups in total. The molecule has 0 saturated heterocycles. The fourth-order valence-electron chi connectivity index (χ4n) is 5.48. The van der Waals surface area contributed by atoms with E-state index in [9.17, 15) is 19.2 Å². The van der Waals surface area contributed by atoms with Crippen LogP contribution in [-0.4, -0.2) is 43.2 Å². The molecule has 1 unspecified atom stereocenters. The van der Waals surface area contributed by atoms with E-state index in [-0.39, 0.29) is 11.6 Å². The molecular weight excluding hydrogens is 659 g/mol. The van der Waals surface area contributed by atoms with Crippen LogP contribution in [-0.2, 0) is 27.2 Å². The van der Waals surface area contributed by atoms with Crippen molar-refractivity contribution in [3.05, 3.63) is 112 Å². The Labute approximate surface area is 294 Å². The molecule has 0 spiro atoms. The third-order valence-electron chi connectivity index (χ3n) is 8.01. The summed E-state index contributed by atoms with van der Waals surface area (Å²) in [7, 11) is 2.92. The number of ether oxygens (including phenoxy) is 2. The molecule has 0 bridgehead atoms. The van der Waals surface area contributed by atoms with Gasteiger partial charge in [0, 0.05) is 21.0 Å². The van der Waals surface area contributed by atoms with Gasteiger partial charge in [0.25, 0.3) is 11.8 Å². The molecule has 0 fully saturated rings. The van der Waals surface area contributed by atoms with Crippen LogP contribution in [0.15, 0.2) is 89.5 Å². The molecule has 5 rings (SSSR count). The first-order chi connectivity index (χ1) is 23.7. The average Bonchev–Trinajstić information content (AvgIpc) is 3.43. The van der Waals surface area contributed by atoms with Gasteiger partial charge in [0.15, 0.2) is 0 Å². The number of anilines is 2. The normalized spacial score (nSPS) is 13.6. The second-order valence-electron chi connectivity index (χ2n) is 11.5. The summed E-state index contributed by atoms with van der Waals surface area (Å²) in [6, 6.07) is 22.9. The maximum Gasteiger partial charge on any atom is 0.341 e. The summed E-state index contributed by atoms with van der Waals surface area (Å²) in [4.78, 5) is 54.7. The first kappa shape index (κ1) is 35.4. The SMILES string of the molecule is COC(=O)c1c(NC(=O)C(C)Sc2cccc(NC(=O)/C(=C/c3cccc(OC)c3)NC(=O)c3ccccc3)c2)sc2c1CCCCCC2. The number of fused-ring (bicyclic) bond motifs is 1. The van der Waals surface area contributed by atoms with E-state index in [2.05, 4.69) is 16.0 Å². The number of rotatable bonds is 11. The van der Waals surface area contributed by atoms with Gasteiger partial charge in [0.1, 0.15) is 16.4 Å². The van der Waals surface area contributed by atoms with Gasteiger partial charge in [-0.2, -0.15) is 0 Å². The van der Waals surface area contributed by atoms with E-state index in [0.717, 1.165) is 53.9 Å². The Bertz CT molecular complexity index is 1850. The van der Waals surface area contributed by atoms with Crippen LogP contribution < -0.4 is 20.7 Å². The van der Waals surface area contributed by atoms with Crippen molar-refractivity contribution in [2.45, 2.75) is 55.6 Å². The summed E-state index contributed by atoms with van der Waals surface area (Å²) in [5, 5.41) is 8.64. The molecular formula is C38H39N3O6S2. The molecule has 0 saturated carbocycles. The number of methoxy groups -OCH3 is 2. The molecule has 1 aliphatic rings. The van der Waals surface area contributed by atoms with E-state index in [1.165, 1.54) is 30.2 Å². The van der Waals surface area contributed by atoms with Gasteiger partial charge >= 0.3 is 5.97 Å². The van der Waals surface area contributed by atoms with Crippen LogP contribution in [0.4, 0.5) is 10.7 Å². The van der Waals surface area contributed by atoms with E-state index >= 15 is 0 Å². The molecule has 254 valence electrons. The molecule has 1 heterocycles. The Hall–Kier alpha value is -4.87. The Balaban J connectivity index is 1.30. The van der Waals surface area contributed by atoms with Crippen molar-refractivity contribution in [1.29, 1.82) is 0 Å². The number of hydrogen-bond donors (Lipinski definition) is 3. The predicted molar refractivity (Wildman–Crippen MR) is 195 cm³/mol. The predicted octanol–water partition coefficient (Wildman–Crippen LogP) is 7.73. The fourth-order valence-corrected chi connectivity index (χ4v) is 7.69. The highest BCUT2D eigenvalue weighted by Gasteiger charge is 2.27. The molecule has 3 amide bonds. The summed E-state index contributed by atoms with van der Waals surface area (Å²) in [6.07, 6.45) is 7.58. The quantitative estimate of drug-likeness (QED) is 0.0833. The number of aryl methyl sites for hydroxylation is 1. The van der Waals surface area contributed by atoms with E-state index < -0.39 is 23.0 Å². The number of carbonyl (C=O) groups is 4. The minimum absolute atomic E-state index is 0.0411. The van der Waals surface area contributed by atoms with Gasteiger partial charge in [0.2, 0.25) is 5.91 Å². The van der Waals surface area contributed by atoms with Crippen molar-refractivity contribution < 1.29 is 28.7 Å². The zero-order valence-corrected chi connectivity index (χ0v) is 29.3. The highest BCUT2D eigenvalue weighted by molar-refractivity contribution is 8.00. The zero-order chi connectivity index (χ0) is 34.8. The Kier molecular flexibility index (Phi) is 12.3. The van der Waals surface area contributed by atoms with Gasteiger partial charge in [-0.05, 0) is 92.3 Å². The van der Waals surface area contributed by atoms with E-state index in [1.807, 2.05) is 12.1 Å². The third kappa shape index (κ3) is 9.39. The van der Waals surface area contributed by atoms with Gasteiger partial charge in [-0.1, -0.05) is 49.2 Å². The number of esters is 1. The van der Waals surface area contributed by atoms with E-state index in [0.29, 0.717) is 33.1 Å². The van der Waals surface area contributed by atoms with Crippen LogP contribution in [0, 0.1) is 0 Å². The highest BCUT2D eigenvalue weighted by atomic mass is 32.2. The number of hydrogen-bond acceptors (Lipinski definition) is 8.